The smallest absolute Gasteiger partial charge is 0.137 e. The minimum Gasteiger partial charge on any atom is -0.489 e. The van der Waals surface area contributed by atoms with Crippen molar-refractivity contribution >= 4 is 16.8 Å². The second-order valence-corrected chi connectivity index (χ2v) is 8.98. The van der Waals surface area contributed by atoms with E-state index in [0.717, 1.165) is 40.8 Å². The molecule has 1 unspecified atom stereocenters. The highest BCUT2D eigenvalue weighted by molar-refractivity contribution is 5.83. The number of rotatable bonds is 5. The summed E-state index contributed by atoms with van der Waals surface area (Å²) in [6.07, 6.45) is 9.78. The molecule has 0 bridgehead atoms. The Bertz CT molecular complexity index is 1270. The molecule has 2 aromatic heterocycles. The number of benzene rings is 1. The van der Waals surface area contributed by atoms with Crippen LogP contribution in [0.3, 0.4) is 0 Å². The molecule has 31 heavy (non-hydrogen) atoms. The lowest BCUT2D eigenvalue weighted by Gasteiger charge is -2.21. The topological polar surface area (TPSA) is 55.0 Å². The molecule has 5 heteroatoms. The van der Waals surface area contributed by atoms with Gasteiger partial charge in [0.1, 0.15) is 29.6 Å². The summed E-state index contributed by atoms with van der Waals surface area (Å²) in [5.74, 6) is 2.70. The average molecular weight is 414 g/mol. The SMILES string of the molecule is CC(=O)[C@H]1[C@@H]2CC3=CC(OCc4cc(-c5cnc6[nH]ccc6c5)ccc4F)=CCC3[C@@H]21. The summed E-state index contributed by atoms with van der Waals surface area (Å²) < 4.78 is 20.5. The molecule has 1 aromatic carbocycles. The quantitative estimate of drug-likeness (QED) is 0.594. The summed E-state index contributed by atoms with van der Waals surface area (Å²) in [5, 5.41) is 1.02. The molecule has 0 saturated heterocycles. The molecule has 3 aromatic rings. The standard InChI is InChI=1S/C26H23FN2O2/c1-14(30)24-22-11-17-10-20(3-4-21(17)25(22)24)31-13-19-8-15(2-5-23(19)27)18-9-16-6-7-28-26(16)29-12-18/h2-3,5-10,12,21-22,24-25H,4,11,13H2,1H3,(H,28,29)/t21?,22-,24-,25-/m0/s1. The number of nitrogens with one attached hydrogen (secondary N) is 1. The third-order valence-corrected chi connectivity index (χ3v) is 7.19. The second-order valence-electron chi connectivity index (χ2n) is 8.98. The fourth-order valence-corrected chi connectivity index (χ4v) is 5.64. The van der Waals surface area contributed by atoms with Gasteiger partial charge in [-0.05, 0) is 79.5 Å². The lowest BCUT2D eigenvalue weighted by molar-refractivity contribution is -0.118. The molecule has 0 amide bonds. The minimum absolute atomic E-state index is 0.183. The first-order valence-electron chi connectivity index (χ1n) is 10.8. The van der Waals surface area contributed by atoms with Crippen molar-refractivity contribution in [2.24, 2.45) is 23.7 Å². The van der Waals surface area contributed by atoms with E-state index in [1.807, 2.05) is 24.4 Å². The molecule has 4 atom stereocenters. The van der Waals surface area contributed by atoms with Crippen LogP contribution in [-0.2, 0) is 16.1 Å². The lowest BCUT2D eigenvalue weighted by atomic mass is 9.87. The Balaban J connectivity index is 1.17. The summed E-state index contributed by atoms with van der Waals surface area (Å²) in [6, 6.07) is 9.13. The van der Waals surface area contributed by atoms with Crippen molar-refractivity contribution in [3.05, 3.63) is 77.6 Å². The van der Waals surface area contributed by atoms with Crippen molar-refractivity contribution in [2.45, 2.75) is 26.4 Å². The van der Waals surface area contributed by atoms with Gasteiger partial charge in [-0.2, -0.15) is 0 Å². The number of pyridine rings is 1. The highest BCUT2D eigenvalue weighted by Gasteiger charge is 2.61. The van der Waals surface area contributed by atoms with Crippen molar-refractivity contribution in [3.63, 3.8) is 0 Å². The third-order valence-electron chi connectivity index (χ3n) is 7.19. The van der Waals surface area contributed by atoms with Gasteiger partial charge in [-0.3, -0.25) is 4.79 Å². The Kier molecular flexibility index (Phi) is 4.13. The zero-order valence-corrected chi connectivity index (χ0v) is 17.3. The van der Waals surface area contributed by atoms with Crippen LogP contribution in [0, 0.1) is 29.5 Å². The largest absolute Gasteiger partial charge is 0.489 e. The Labute approximate surface area is 179 Å². The summed E-state index contributed by atoms with van der Waals surface area (Å²) in [7, 11) is 0. The number of carbonyl (C=O) groups excluding carboxylic acids is 1. The average Bonchev–Trinajstić information content (AvgIpc) is 3.11. The second kappa shape index (κ2) is 6.91. The van der Waals surface area contributed by atoms with Crippen LogP contribution in [0.5, 0.6) is 0 Å². The van der Waals surface area contributed by atoms with Gasteiger partial charge in [0.05, 0.1) is 0 Å². The molecule has 3 aliphatic carbocycles. The van der Waals surface area contributed by atoms with E-state index in [1.165, 1.54) is 11.6 Å². The van der Waals surface area contributed by atoms with Crippen molar-refractivity contribution in [2.75, 3.05) is 0 Å². The first kappa shape index (κ1) is 18.6. The van der Waals surface area contributed by atoms with Crippen LogP contribution in [0.25, 0.3) is 22.2 Å². The van der Waals surface area contributed by atoms with E-state index >= 15 is 0 Å². The molecule has 0 radical (unpaired) electrons. The first-order chi connectivity index (χ1) is 15.1. The molecule has 0 spiro atoms. The summed E-state index contributed by atoms with van der Waals surface area (Å²) >= 11 is 0. The fourth-order valence-electron chi connectivity index (χ4n) is 5.64. The molecule has 2 saturated carbocycles. The van der Waals surface area contributed by atoms with Crippen LogP contribution < -0.4 is 0 Å². The van der Waals surface area contributed by atoms with Gasteiger partial charge in [0, 0.05) is 34.8 Å². The molecule has 2 heterocycles. The third kappa shape index (κ3) is 3.11. The normalized spacial score (nSPS) is 26.1. The van der Waals surface area contributed by atoms with Crippen molar-refractivity contribution < 1.29 is 13.9 Å². The van der Waals surface area contributed by atoms with E-state index in [-0.39, 0.29) is 18.3 Å². The van der Waals surface area contributed by atoms with E-state index in [0.29, 0.717) is 29.1 Å². The zero-order valence-electron chi connectivity index (χ0n) is 17.3. The highest BCUT2D eigenvalue weighted by atomic mass is 19.1. The number of carbonyl (C=O) groups is 1. The number of ether oxygens (including phenoxy) is 1. The first-order valence-corrected chi connectivity index (χ1v) is 10.8. The Morgan fingerprint density at radius 3 is 3.03 bits per heavy atom. The van der Waals surface area contributed by atoms with E-state index in [9.17, 15) is 9.18 Å². The lowest BCUT2D eigenvalue weighted by Crippen LogP contribution is -2.12. The van der Waals surface area contributed by atoms with Gasteiger partial charge in [0.25, 0.3) is 0 Å². The van der Waals surface area contributed by atoms with E-state index in [1.54, 1.807) is 19.2 Å². The molecule has 2 fully saturated rings. The fraction of sp³-hybridized carbons (Fsp3) is 0.308. The Morgan fingerprint density at radius 2 is 2.16 bits per heavy atom. The maximum atomic E-state index is 14.5. The number of halogens is 1. The van der Waals surface area contributed by atoms with Crippen LogP contribution in [0.2, 0.25) is 0 Å². The van der Waals surface area contributed by atoms with E-state index in [2.05, 4.69) is 22.1 Å². The number of hydrogen-bond donors (Lipinski definition) is 1. The number of allylic oxidation sites excluding steroid dienone is 3. The summed E-state index contributed by atoms with van der Waals surface area (Å²) in [5.41, 5.74) is 4.62. The molecule has 6 rings (SSSR count). The number of H-pyrrole nitrogens is 1. The number of aromatic nitrogens is 2. The molecular formula is C26H23FN2O2. The van der Waals surface area contributed by atoms with Crippen LogP contribution in [0.4, 0.5) is 4.39 Å². The monoisotopic (exact) mass is 414 g/mol. The van der Waals surface area contributed by atoms with Gasteiger partial charge in [-0.25, -0.2) is 9.37 Å². The Hall–Kier alpha value is -3.21. The number of aromatic amines is 1. The summed E-state index contributed by atoms with van der Waals surface area (Å²) in [6.45, 7) is 1.90. The van der Waals surface area contributed by atoms with Gasteiger partial charge in [0.2, 0.25) is 0 Å². The molecule has 0 aliphatic heterocycles. The number of Topliss-reactive ketones (excluding diaryl/α,β-unsaturated/α-hetero) is 1. The maximum Gasteiger partial charge on any atom is 0.137 e. The van der Waals surface area contributed by atoms with Crippen molar-refractivity contribution in [1.82, 2.24) is 9.97 Å². The molecule has 4 nitrogen and oxygen atoms in total. The van der Waals surface area contributed by atoms with Crippen LogP contribution >= 0.6 is 0 Å². The van der Waals surface area contributed by atoms with Gasteiger partial charge < -0.3 is 9.72 Å². The molecule has 156 valence electrons. The van der Waals surface area contributed by atoms with Gasteiger partial charge in [-0.15, -0.1) is 0 Å². The van der Waals surface area contributed by atoms with E-state index in [4.69, 9.17) is 4.74 Å². The van der Waals surface area contributed by atoms with Gasteiger partial charge >= 0.3 is 0 Å². The van der Waals surface area contributed by atoms with Crippen molar-refractivity contribution in [1.29, 1.82) is 0 Å². The predicted molar refractivity (Wildman–Crippen MR) is 116 cm³/mol. The minimum atomic E-state index is -0.271. The number of ketones is 1. The van der Waals surface area contributed by atoms with Gasteiger partial charge in [0.15, 0.2) is 0 Å². The molecule has 3 aliphatic rings. The number of hydrogen-bond acceptors (Lipinski definition) is 3. The number of fused-ring (bicyclic) bond motifs is 4. The van der Waals surface area contributed by atoms with Gasteiger partial charge in [-0.1, -0.05) is 11.6 Å². The predicted octanol–water partition coefficient (Wildman–Crippen LogP) is 5.57. The molecule has 1 N–H and O–H groups in total. The van der Waals surface area contributed by atoms with E-state index < -0.39 is 0 Å². The van der Waals surface area contributed by atoms with Crippen molar-refractivity contribution in [3.8, 4) is 11.1 Å². The van der Waals surface area contributed by atoms with Crippen LogP contribution in [0.15, 0.2) is 66.2 Å². The Morgan fingerprint density at radius 1 is 1.26 bits per heavy atom. The van der Waals surface area contributed by atoms with Crippen LogP contribution in [0.1, 0.15) is 25.3 Å². The molecular weight excluding hydrogens is 391 g/mol. The number of nitrogens with zero attached hydrogens (tertiary/aromatic N) is 1. The summed E-state index contributed by atoms with van der Waals surface area (Å²) in [4.78, 5) is 19.2. The van der Waals surface area contributed by atoms with Crippen LogP contribution in [-0.4, -0.2) is 15.8 Å². The highest BCUT2D eigenvalue weighted by Crippen LogP contribution is 2.64. The zero-order chi connectivity index (χ0) is 21.1. The maximum absolute atomic E-state index is 14.5.